The Hall–Kier alpha value is -3.57. The van der Waals surface area contributed by atoms with E-state index >= 15 is 0 Å². The summed E-state index contributed by atoms with van der Waals surface area (Å²) in [6.45, 7) is 1.08. The summed E-state index contributed by atoms with van der Waals surface area (Å²) in [7, 11) is 4.51. The van der Waals surface area contributed by atoms with E-state index in [2.05, 4.69) is 20.7 Å². The van der Waals surface area contributed by atoms with Gasteiger partial charge in [0.1, 0.15) is 0 Å². The number of thiophene rings is 2. The van der Waals surface area contributed by atoms with Crippen molar-refractivity contribution >= 4 is 40.5 Å². The number of ether oxygens (including phenoxy) is 3. The largest absolute Gasteiger partial charge is 0.493 e. The fourth-order valence-corrected chi connectivity index (χ4v) is 4.42. The molecule has 0 aliphatic rings. The SMILES string of the molecule is COc1cc(C(=O)n2nc(NCc3cccs3)nc2NCc2cccs2)cc(OC)c1OC. The third-order valence-corrected chi connectivity index (χ3v) is 6.47. The third kappa shape index (κ3) is 5.10. The molecule has 0 saturated heterocycles. The highest BCUT2D eigenvalue weighted by Gasteiger charge is 2.22. The van der Waals surface area contributed by atoms with E-state index in [4.69, 9.17) is 14.2 Å². The van der Waals surface area contributed by atoms with Crippen LogP contribution < -0.4 is 24.8 Å². The fourth-order valence-electron chi connectivity index (χ4n) is 3.13. The van der Waals surface area contributed by atoms with Gasteiger partial charge in [-0.25, -0.2) is 0 Å². The van der Waals surface area contributed by atoms with Crippen molar-refractivity contribution in [3.05, 3.63) is 62.5 Å². The first kappa shape index (κ1) is 22.6. The third-order valence-electron chi connectivity index (χ3n) is 4.71. The first-order valence-corrected chi connectivity index (χ1v) is 11.7. The lowest BCUT2D eigenvalue weighted by molar-refractivity contribution is 0.0946. The van der Waals surface area contributed by atoms with Gasteiger partial charge in [-0.15, -0.1) is 27.8 Å². The van der Waals surface area contributed by atoms with Crippen LogP contribution >= 0.6 is 22.7 Å². The zero-order valence-electron chi connectivity index (χ0n) is 18.3. The molecule has 4 aromatic rings. The molecule has 11 heteroatoms. The number of carbonyl (C=O) groups excluding carboxylic acids is 1. The van der Waals surface area contributed by atoms with Gasteiger partial charge in [0.15, 0.2) is 11.5 Å². The fraction of sp³-hybridized carbons (Fsp3) is 0.227. The smallest absolute Gasteiger partial charge is 0.281 e. The van der Waals surface area contributed by atoms with Crippen molar-refractivity contribution in [2.75, 3.05) is 32.0 Å². The van der Waals surface area contributed by atoms with Gasteiger partial charge < -0.3 is 24.8 Å². The summed E-state index contributed by atoms with van der Waals surface area (Å²) in [5.41, 5.74) is 0.318. The molecule has 1 aromatic carbocycles. The summed E-state index contributed by atoms with van der Waals surface area (Å²) < 4.78 is 17.4. The molecular weight excluding hydrogens is 462 g/mol. The van der Waals surface area contributed by atoms with E-state index in [9.17, 15) is 4.79 Å². The van der Waals surface area contributed by atoms with Crippen LogP contribution in [0.4, 0.5) is 11.9 Å². The monoisotopic (exact) mass is 485 g/mol. The quantitative estimate of drug-likeness (QED) is 0.342. The lowest BCUT2D eigenvalue weighted by Gasteiger charge is -2.14. The number of hydrogen-bond acceptors (Lipinski definition) is 10. The zero-order chi connectivity index (χ0) is 23.2. The lowest BCUT2D eigenvalue weighted by Crippen LogP contribution is -2.18. The number of methoxy groups -OCH3 is 3. The van der Waals surface area contributed by atoms with E-state index in [1.54, 1.807) is 34.8 Å². The second kappa shape index (κ2) is 10.4. The van der Waals surface area contributed by atoms with Gasteiger partial charge in [-0.05, 0) is 35.0 Å². The van der Waals surface area contributed by atoms with E-state index in [-0.39, 0.29) is 5.91 Å². The predicted octanol–water partition coefficient (Wildman–Crippen LogP) is 4.34. The summed E-state index contributed by atoms with van der Waals surface area (Å²) in [6, 6.07) is 11.2. The standard InChI is InChI=1S/C22H23N5O4S2/c1-29-17-10-14(11-18(30-2)19(17)31-3)20(28)27-22(24-13-16-7-5-9-33-16)25-21(26-27)23-12-15-6-4-8-32-15/h4-11H,12-13H2,1-3H3,(H2,23,24,25,26). The van der Waals surface area contributed by atoms with Crippen molar-refractivity contribution in [3.8, 4) is 17.2 Å². The van der Waals surface area contributed by atoms with Gasteiger partial charge in [0.25, 0.3) is 5.91 Å². The summed E-state index contributed by atoms with van der Waals surface area (Å²) in [4.78, 5) is 20.2. The van der Waals surface area contributed by atoms with E-state index in [1.807, 2.05) is 35.0 Å². The topological polar surface area (TPSA) is 99.5 Å². The number of rotatable bonds is 10. The molecule has 0 unspecified atom stereocenters. The highest BCUT2D eigenvalue weighted by molar-refractivity contribution is 7.10. The molecule has 0 saturated carbocycles. The van der Waals surface area contributed by atoms with Crippen molar-refractivity contribution in [1.29, 1.82) is 0 Å². The van der Waals surface area contributed by atoms with E-state index in [1.165, 1.54) is 26.0 Å². The molecule has 0 fully saturated rings. The maximum Gasteiger partial charge on any atom is 0.281 e. The first-order chi connectivity index (χ1) is 16.1. The molecule has 0 spiro atoms. The van der Waals surface area contributed by atoms with Crippen molar-refractivity contribution in [2.24, 2.45) is 0 Å². The Morgan fingerprint density at radius 3 is 2.06 bits per heavy atom. The van der Waals surface area contributed by atoms with Gasteiger partial charge in [-0.2, -0.15) is 9.67 Å². The van der Waals surface area contributed by atoms with Crippen LogP contribution in [0.5, 0.6) is 17.2 Å². The van der Waals surface area contributed by atoms with Crippen molar-refractivity contribution < 1.29 is 19.0 Å². The van der Waals surface area contributed by atoms with Crippen LogP contribution in [0.3, 0.4) is 0 Å². The average molecular weight is 486 g/mol. The number of aromatic nitrogens is 3. The molecule has 0 amide bonds. The first-order valence-electron chi connectivity index (χ1n) is 9.97. The minimum atomic E-state index is -0.389. The van der Waals surface area contributed by atoms with E-state index in [0.717, 1.165) is 9.75 Å². The van der Waals surface area contributed by atoms with E-state index in [0.29, 0.717) is 47.8 Å². The number of nitrogens with one attached hydrogen (secondary N) is 2. The molecule has 9 nitrogen and oxygen atoms in total. The minimum absolute atomic E-state index is 0.318. The van der Waals surface area contributed by atoms with Crippen LogP contribution in [-0.4, -0.2) is 42.0 Å². The minimum Gasteiger partial charge on any atom is -0.493 e. The Balaban J connectivity index is 1.65. The van der Waals surface area contributed by atoms with Gasteiger partial charge in [0.05, 0.1) is 34.4 Å². The second-order valence-corrected chi connectivity index (χ2v) is 8.82. The molecule has 33 heavy (non-hydrogen) atoms. The van der Waals surface area contributed by atoms with Gasteiger partial charge in [0, 0.05) is 15.3 Å². The Labute approximate surface area is 199 Å². The maximum atomic E-state index is 13.5. The molecular formula is C22H23N5O4S2. The Morgan fingerprint density at radius 1 is 0.939 bits per heavy atom. The van der Waals surface area contributed by atoms with Gasteiger partial charge in [0.2, 0.25) is 17.6 Å². The Bertz CT molecular complexity index is 1180. The summed E-state index contributed by atoms with van der Waals surface area (Å²) in [5, 5.41) is 14.8. The molecule has 3 aromatic heterocycles. The number of hydrogen-bond donors (Lipinski definition) is 2. The van der Waals surface area contributed by atoms with Crippen LogP contribution in [0.15, 0.2) is 47.2 Å². The molecule has 172 valence electrons. The molecule has 0 radical (unpaired) electrons. The summed E-state index contributed by atoms with van der Waals surface area (Å²) in [5.74, 6) is 1.45. The number of benzene rings is 1. The lowest BCUT2D eigenvalue weighted by atomic mass is 10.1. The normalized spacial score (nSPS) is 10.6. The van der Waals surface area contributed by atoms with Crippen molar-refractivity contribution in [2.45, 2.75) is 13.1 Å². The van der Waals surface area contributed by atoms with Crippen molar-refractivity contribution in [1.82, 2.24) is 14.8 Å². The second-order valence-electron chi connectivity index (χ2n) is 6.76. The van der Waals surface area contributed by atoms with Crippen LogP contribution in [0.25, 0.3) is 0 Å². The molecule has 0 bridgehead atoms. The van der Waals surface area contributed by atoms with Crippen molar-refractivity contribution in [3.63, 3.8) is 0 Å². The van der Waals surface area contributed by atoms with E-state index < -0.39 is 0 Å². The number of carbonyl (C=O) groups is 1. The summed E-state index contributed by atoms with van der Waals surface area (Å²) in [6.07, 6.45) is 0. The Kier molecular flexibility index (Phi) is 7.10. The molecule has 2 N–H and O–H groups in total. The molecule has 0 aliphatic carbocycles. The molecule has 3 heterocycles. The molecule has 0 aliphatic heterocycles. The number of nitrogens with zero attached hydrogens (tertiary/aromatic N) is 3. The molecule has 4 rings (SSSR count). The van der Waals surface area contributed by atoms with Gasteiger partial charge >= 0.3 is 0 Å². The zero-order valence-corrected chi connectivity index (χ0v) is 20.0. The highest BCUT2D eigenvalue weighted by atomic mass is 32.1. The molecule has 0 atom stereocenters. The highest BCUT2D eigenvalue weighted by Crippen LogP contribution is 2.38. The van der Waals surface area contributed by atoms with Crippen LogP contribution in [-0.2, 0) is 13.1 Å². The van der Waals surface area contributed by atoms with Gasteiger partial charge in [-0.3, -0.25) is 4.79 Å². The predicted molar refractivity (Wildman–Crippen MR) is 129 cm³/mol. The Morgan fingerprint density at radius 2 is 1.55 bits per heavy atom. The number of anilines is 2. The van der Waals surface area contributed by atoms with Crippen LogP contribution in [0, 0.1) is 0 Å². The van der Waals surface area contributed by atoms with Crippen LogP contribution in [0.2, 0.25) is 0 Å². The maximum absolute atomic E-state index is 13.5. The summed E-state index contributed by atoms with van der Waals surface area (Å²) >= 11 is 3.25. The van der Waals surface area contributed by atoms with Gasteiger partial charge in [-0.1, -0.05) is 12.1 Å². The van der Waals surface area contributed by atoms with Crippen LogP contribution in [0.1, 0.15) is 20.1 Å². The average Bonchev–Trinajstić information content (AvgIpc) is 3.61.